The van der Waals surface area contributed by atoms with Crippen LogP contribution in [0.2, 0.25) is 19.6 Å². The van der Waals surface area contributed by atoms with Gasteiger partial charge in [-0.2, -0.15) is 0 Å². The molecule has 3 nitrogen and oxygen atoms in total. The number of hydrogen-bond donors (Lipinski definition) is 0. The first-order valence-corrected chi connectivity index (χ1v) is 7.98. The lowest BCUT2D eigenvalue weighted by Crippen LogP contribution is -2.38. The lowest BCUT2D eigenvalue weighted by atomic mass is 10.3. The average Bonchev–Trinajstić information content (AvgIpc) is 2.15. The largest absolute Gasteiger partial charge is 0.480 e. The van der Waals surface area contributed by atoms with Gasteiger partial charge in [0.15, 0.2) is 6.29 Å². The Morgan fingerprint density at radius 2 is 2.07 bits per heavy atom. The number of pyridine rings is 1. The van der Waals surface area contributed by atoms with E-state index in [1.54, 1.807) is 6.20 Å². The summed E-state index contributed by atoms with van der Waals surface area (Å²) < 4.78 is 4.98. The van der Waals surface area contributed by atoms with Crippen LogP contribution in [0.15, 0.2) is 12.3 Å². The van der Waals surface area contributed by atoms with E-state index < -0.39 is 8.07 Å². The van der Waals surface area contributed by atoms with E-state index in [2.05, 4.69) is 24.6 Å². The molecule has 0 spiro atoms. The Balaban J connectivity index is 3.21. The van der Waals surface area contributed by atoms with E-state index in [4.69, 9.17) is 4.74 Å². The molecule has 0 atom stereocenters. The van der Waals surface area contributed by atoms with Crippen molar-refractivity contribution < 1.29 is 9.53 Å². The fourth-order valence-corrected chi connectivity index (χ4v) is 2.17. The molecule has 0 radical (unpaired) electrons. The molecule has 0 aliphatic carbocycles. The van der Waals surface area contributed by atoms with Crippen molar-refractivity contribution in [2.75, 3.05) is 7.11 Å². The summed E-state index contributed by atoms with van der Waals surface area (Å²) in [6.07, 6.45) is 2.59. The van der Waals surface area contributed by atoms with Gasteiger partial charge in [-0.1, -0.05) is 19.6 Å². The third-order valence-corrected chi connectivity index (χ3v) is 4.07. The summed E-state index contributed by atoms with van der Waals surface area (Å²) >= 11 is 0. The number of aromatic nitrogens is 1. The Hall–Kier alpha value is -1.16. The molecule has 0 aliphatic rings. The SMILES string of the molecule is COc1ncc([Si](C)(C)C)cc1C=O. The maximum atomic E-state index is 10.8. The third kappa shape index (κ3) is 2.20. The van der Waals surface area contributed by atoms with Crippen molar-refractivity contribution >= 4 is 19.5 Å². The van der Waals surface area contributed by atoms with Gasteiger partial charge in [-0.3, -0.25) is 4.79 Å². The van der Waals surface area contributed by atoms with Gasteiger partial charge in [0.25, 0.3) is 0 Å². The van der Waals surface area contributed by atoms with Gasteiger partial charge in [0, 0.05) is 6.20 Å². The van der Waals surface area contributed by atoms with Gasteiger partial charge in [0.05, 0.1) is 20.7 Å². The van der Waals surface area contributed by atoms with Crippen molar-refractivity contribution in [1.29, 1.82) is 0 Å². The summed E-state index contributed by atoms with van der Waals surface area (Å²) in [4.78, 5) is 14.9. The number of nitrogens with zero attached hydrogens (tertiary/aromatic N) is 1. The topological polar surface area (TPSA) is 39.2 Å². The minimum atomic E-state index is -1.39. The fourth-order valence-electron chi connectivity index (χ4n) is 1.13. The first-order valence-electron chi connectivity index (χ1n) is 4.48. The fraction of sp³-hybridized carbons (Fsp3) is 0.400. The molecule has 0 unspecified atom stereocenters. The molecule has 0 N–H and O–H groups in total. The molecule has 1 heterocycles. The van der Waals surface area contributed by atoms with E-state index in [0.717, 1.165) is 6.29 Å². The summed E-state index contributed by atoms with van der Waals surface area (Å²) in [5.41, 5.74) is 0.535. The Morgan fingerprint density at radius 3 is 2.50 bits per heavy atom. The summed E-state index contributed by atoms with van der Waals surface area (Å²) in [6.45, 7) is 6.64. The zero-order chi connectivity index (χ0) is 10.8. The van der Waals surface area contributed by atoms with Crippen molar-refractivity contribution in [2.45, 2.75) is 19.6 Å². The van der Waals surface area contributed by atoms with E-state index in [1.165, 1.54) is 12.3 Å². The Bertz CT molecular complexity index is 344. The van der Waals surface area contributed by atoms with Crippen LogP contribution in [-0.4, -0.2) is 26.5 Å². The van der Waals surface area contributed by atoms with Gasteiger partial charge < -0.3 is 4.74 Å². The number of carbonyl (C=O) groups is 1. The molecule has 14 heavy (non-hydrogen) atoms. The lowest BCUT2D eigenvalue weighted by molar-refractivity contribution is 0.112. The van der Waals surface area contributed by atoms with Crippen LogP contribution >= 0.6 is 0 Å². The number of rotatable bonds is 3. The predicted molar refractivity (Wildman–Crippen MR) is 59.2 cm³/mol. The Labute approximate surface area is 85.1 Å². The van der Waals surface area contributed by atoms with Crippen LogP contribution in [0.4, 0.5) is 0 Å². The Morgan fingerprint density at radius 1 is 1.43 bits per heavy atom. The van der Waals surface area contributed by atoms with Gasteiger partial charge in [-0.05, 0) is 11.3 Å². The molecule has 1 aromatic heterocycles. The van der Waals surface area contributed by atoms with Gasteiger partial charge in [0.2, 0.25) is 5.88 Å². The highest BCUT2D eigenvalue weighted by molar-refractivity contribution is 6.88. The van der Waals surface area contributed by atoms with Crippen molar-refractivity contribution in [3.8, 4) is 5.88 Å². The molecule has 0 saturated carbocycles. The average molecular weight is 209 g/mol. The second-order valence-electron chi connectivity index (χ2n) is 4.19. The molecule has 4 heteroatoms. The van der Waals surface area contributed by atoms with Crippen LogP contribution < -0.4 is 9.92 Å². The molecular weight excluding hydrogens is 194 g/mol. The minimum absolute atomic E-state index is 0.405. The van der Waals surface area contributed by atoms with Gasteiger partial charge in [-0.15, -0.1) is 0 Å². The molecule has 1 rings (SSSR count). The molecule has 0 aliphatic heterocycles. The second kappa shape index (κ2) is 3.92. The maximum absolute atomic E-state index is 10.8. The number of hydrogen-bond acceptors (Lipinski definition) is 3. The molecule has 1 aromatic rings. The summed E-state index contributed by atoms with van der Waals surface area (Å²) in [5, 5.41) is 1.17. The third-order valence-electron chi connectivity index (χ3n) is 2.07. The number of aldehydes is 1. The highest BCUT2D eigenvalue weighted by Crippen LogP contribution is 2.12. The smallest absolute Gasteiger partial charge is 0.223 e. The molecule has 76 valence electrons. The van der Waals surface area contributed by atoms with Gasteiger partial charge >= 0.3 is 0 Å². The maximum Gasteiger partial charge on any atom is 0.223 e. The standard InChI is InChI=1S/C10H15NO2Si/c1-13-10-8(7-12)5-9(6-11-10)14(2,3)4/h5-7H,1-4H3. The Kier molecular flexibility index (Phi) is 3.05. The van der Waals surface area contributed by atoms with Crippen LogP contribution in [0.1, 0.15) is 10.4 Å². The molecule has 0 aromatic carbocycles. The molecule has 0 amide bonds. The summed E-state index contributed by atoms with van der Waals surface area (Å²) in [5.74, 6) is 0.405. The molecule has 0 fully saturated rings. The highest BCUT2D eigenvalue weighted by Gasteiger charge is 2.18. The van der Waals surface area contributed by atoms with E-state index in [-0.39, 0.29) is 0 Å². The van der Waals surface area contributed by atoms with Crippen molar-refractivity contribution in [3.63, 3.8) is 0 Å². The number of carbonyl (C=O) groups excluding carboxylic acids is 1. The van der Waals surface area contributed by atoms with Crippen molar-refractivity contribution in [1.82, 2.24) is 4.98 Å². The molecule has 0 saturated heterocycles. The van der Waals surface area contributed by atoms with Crippen LogP contribution in [-0.2, 0) is 0 Å². The highest BCUT2D eigenvalue weighted by atomic mass is 28.3. The predicted octanol–water partition coefficient (Wildman–Crippen LogP) is 1.45. The van der Waals surface area contributed by atoms with Gasteiger partial charge in [0.1, 0.15) is 0 Å². The first-order chi connectivity index (χ1) is 6.49. The van der Waals surface area contributed by atoms with E-state index in [0.29, 0.717) is 11.4 Å². The molecule has 0 bridgehead atoms. The second-order valence-corrected chi connectivity index (χ2v) is 9.27. The quantitative estimate of drug-likeness (QED) is 0.558. The monoisotopic (exact) mass is 209 g/mol. The number of ether oxygens (including phenoxy) is 1. The van der Waals surface area contributed by atoms with Crippen LogP contribution in [0.3, 0.4) is 0 Å². The zero-order valence-electron chi connectivity index (χ0n) is 9.00. The summed E-state index contributed by atoms with van der Waals surface area (Å²) in [6, 6.07) is 1.88. The van der Waals surface area contributed by atoms with Crippen molar-refractivity contribution in [3.05, 3.63) is 17.8 Å². The van der Waals surface area contributed by atoms with E-state index in [9.17, 15) is 4.79 Å². The van der Waals surface area contributed by atoms with Crippen LogP contribution in [0.5, 0.6) is 5.88 Å². The lowest BCUT2D eigenvalue weighted by Gasteiger charge is -2.16. The van der Waals surface area contributed by atoms with E-state index >= 15 is 0 Å². The summed E-state index contributed by atoms with van der Waals surface area (Å²) in [7, 11) is 0.124. The van der Waals surface area contributed by atoms with Crippen LogP contribution in [0.25, 0.3) is 0 Å². The van der Waals surface area contributed by atoms with Gasteiger partial charge in [-0.25, -0.2) is 4.98 Å². The minimum Gasteiger partial charge on any atom is -0.480 e. The zero-order valence-corrected chi connectivity index (χ0v) is 10.00. The molecular formula is C10H15NO2Si. The first kappa shape index (κ1) is 10.9. The normalized spacial score (nSPS) is 11.1. The number of methoxy groups -OCH3 is 1. The van der Waals surface area contributed by atoms with Crippen molar-refractivity contribution in [2.24, 2.45) is 0 Å². The van der Waals surface area contributed by atoms with E-state index in [1.807, 2.05) is 6.07 Å². The van der Waals surface area contributed by atoms with Crippen LogP contribution in [0, 0.1) is 0 Å².